The average Bonchev–Trinajstić information content (AvgIpc) is 2.43. The average molecular weight is 294 g/mol. The number of hydrogen-bond donors (Lipinski definition) is 0. The van der Waals surface area contributed by atoms with Gasteiger partial charge in [-0.2, -0.15) is 0 Å². The summed E-state index contributed by atoms with van der Waals surface area (Å²) in [7, 11) is 0. The van der Waals surface area contributed by atoms with Gasteiger partial charge in [-0.1, -0.05) is 0 Å². The Morgan fingerprint density at radius 1 is 1.29 bits per heavy atom. The second-order valence-electron chi connectivity index (χ2n) is 5.47. The predicted molar refractivity (Wildman–Crippen MR) is 79.7 cm³/mol. The number of nitro groups is 1. The van der Waals surface area contributed by atoms with Gasteiger partial charge in [-0.15, -0.1) is 0 Å². The maximum atomic E-state index is 10.5. The van der Waals surface area contributed by atoms with Gasteiger partial charge in [0.05, 0.1) is 23.7 Å². The first-order valence-electron chi connectivity index (χ1n) is 7.29. The third-order valence-electron chi connectivity index (χ3n) is 3.43. The second kappa shape index (κ2) is 7.38. The number of nitrogens with zero attached hydrogens (tertiary/aromatic N) is 2. The van der Waals surface area contributed by atoms with Crippen molar-refractivity contribution in [3.05, 3.63) is 34.4 Å². The molecule has 21 heavy (non-hydrogen) atoms. The third kappa shape index (κ3) is 4.99. The van der Waals surface area contributed by atoms with Crippen molar-refractivity contribution in [3.63, 3.8) is 0 Å². The summed E-state index contributed by atoms with van der Waals surface area (Å²) in [6.45, 7) is 7.69. The molecule has 0 N–H and O–H groups in total. The van der Waals surface area contributed by atoms with Crippen molar-refractivity contribution in [3.8, 4) is 5.75 Å². The summed E-state index contributed by atoms with van der Waals surface area (Å²) in [5, 5.41) is 10.5. The van der Waals surface area contributed by atoms with E-state index in [-0.39, 0.29) is 17.9 Å². The lowest BCUT2D eigenvalue weighted by Crippen LogP contribution is -2.45. The monoisotopic (exact) mass is 294 g/mol. The van der Waals surface area contributed by atoms with Crippen LogP contribution in [0.4, 0.5) is 5.69 Å². The minimum atomic E-state index is -0.412. The molecule has 2 unspecified atom stereocenters. The highest BCUT2D eigenvalue weighted by Crippen LogP contribution is 2.17. The molecular formula is C15H22N2O4. The summed E-state index contributed by atoms with van der Waals surface area (Å²) >= 11 is 0. The Hall–Kier alpha value is -1.66. The molecule has 1 heterocycles. The molecule has 2 atom stereocenters. The van der Waals surface area contributed by atoms with Gasteiger partial charge in [0.25, 0.3) is 5.69 Å². The zero-order valence-corrected chi connectivity index (χ0v) is 12.5. The number of ether oxygens (including phenoxy) is 2. The lowest BCUT2D eigenvalue weighted by Gasteiger charge is -2.35. The number of rotatable bonds is 6. The highest BCUT2D eigenvalue weighted by Gasteiger charge is 2.21. The van der Waals surface area contributed by atoms with Crippen LogP contribution in [0.25, 0.3) is 0 Å². The first-order valence-corrected chi connectivity index (χ1v) is 7.29. The van der Waals surface area contributed by atoms with E-state index < -0.39 is 4.92 Å². The van der Waals surface area contributed by atoms with Crippen LogP contribution in [0.1, 0.15) is 20.3 Å². The van der Waals surface area contributed by atoms with Crippen molar-refractivity contribution >= 4 is 5.69 Å². The molecule has 0 aromatic heterocycles. The predicted octanol–water partition coefficient (Wildman–Crippen LogP) is 2.47. The second-order valence-corrected chi connectivity index (χ2v) is 5.47. The van der Waals surface area contributed by atoms with Gasteiger partial charge in [0.15, 0.2) is 0 Å². The molecule has 0 bridgehead atoms. The number of benzene rings is 1. The molecule has 6 nitrogen and oxygen atoms in total. The van der Waals surface area contributed by atoms with Crippen molar-refractivity contribution in [1.29, 1.82) is 0 Å². The van der Waals surface area contributed by atoms with Crippen LogP contribution in [0, 0.1) is 10.1 Å². The Labute approximate surface area is 124 Å². The fraction of sp³-hybridized carbons (Fsp3) is 0.600. The van der Waals surface area contributed by atoms with E-state index in [1.54, 1.807) is 12.1 Å². The van der Waals surface area contributed by atoms with Crippen LogP contribution in [0.3, 0.4) is 0 Å². The molecule has 2 rings (SSSR count). The molecule has 1 saturated heterocycles. The normalized spacial score (nSPS) is 23.0. The minimum absolute atomic E-state index is 0.0821. The molecule has 6 heteroatoms. The standard InChI is InChI=1S/C15H22N2O4/c1-12-10-16(11-13(2)21-12)8-3-9-20-15-6-4-14(5-7-15)17(18)19/h4-7,12-13H,3,8-11H2,1-2H3. The number of hydrogen-bond acceptors (Lipinski definition) is 5. The molecule has 116 valence electrons. The Morgan fingerprint density at radius 3 is 2.48 bits per heavy atom. The lowest BCUT2D eigenvalue weighted by atomic mass is 10.2. The van der Waals surface area contributed by atoms with E-state index in [0.717, 1.165) is 26.1 Å². The van der Waals surface area contributed by atoms with E-state index in [9.17, 15) is 10.1 Å². The zero-order chi connectivity index (χ0) is 15.2. The SMILES string of the molecule is CC1CN(CCCOc2ccc([N+](=O)[O-])cc2)CC(C)O1. The van der Waals surface area contributed by atoms with E-state index in [4.69, 9.17) is 9.47 Å². The van der Waals surface area contributed by atoms with Gasteiger partial charge in [0.1, 0.15) is 5.75 Å². The van der Waals surface area contributed by atoms with E-state index in [0.29, 0.717) is 12.4 Å². The molecular weight excluding hydrogens is 272 g/mol. The molecule has 0 amide bonds. The van der Waals surface area contributed by atoms with Crippen molar-refractivity contribution in [2.75, 3.05) is 26.2 Å². The first-order chi connectivity index (χ1) is 10.0. The largest absolute Gasteiger partial charge is 0.494 e. The minimum Gasteiger partial charge on any atom is -0.494 e. The Kier molecular flexibility index (Phi) is 5.52. The molecule has 1 aliphatic rings. The van der Waals surface area contributed by atoms with E-state index >= 15 is 0 Å². The van der Waals surface area contributed by atoms with Crippen LogP contribution >= 0.6 is 0 Å². The van der Waals surface area contributed by atoms with Crippen molar-refractivity contribution in [2.45, 2.75) is 32.5 Å². The fourth-order valence-corrected chi connectivity index (χ4v) is 2.61. The smallest absolute Gasteiger partial charge is 0.269 e. The number of non-ortho nitro benzene ring substituents is 1. The van der Waals surface area contributed by atoms with Gasteiger partial charge in [-0.05, 0) is 32.4 Å². The lowest BCUT2D eigenvalue weighted by molar-refractivity contribution is -0.384. The summed E-state index contributed by atoms with van der Waals surface area (Å²) in [5.41, 5.74) is 0.0821. The maximum absolute atomic E-state index is 10.5. The van der Waals surface area contributed by atoms with Crippen LogP contribution in [0.2, 0.25) is 0 Å². The molecule has 1 fully saturated rings. The molecule has 1 aromatic rings. The van der Waals surface area contributed by atoms with Crippen LogP contribution in [0.15, 0.2) is 24.3 Å². The number of morpholine rings is 1. The zero-order valence-electron chi connectivity index (χ0n) is 12.5. The fourth-order valence-electron chi connectivity index (χ4n) is 2.61. The van der Waals surface area contributed by atoms with Gasteiger partial charge in [0, 0.05) is 31.8 Å². The number of nitro benzene ring substituents is 1. The van der Waals surface area contributed by atoms with Gasteiger partial charge >= 0.3 is 0 Å². The van der Waals surface area contributed by atoms with Gasteiger partial charge < -0.3 is 9.47 Å². The van der Waals surface area contributed by atoms with Crippen LogP contribution in [-0.2, 0) is 4.74 Å². The topological polar surface area (TPSA) is 64.8 Å². The summed E-state index contributed by atoms with van der Waals surface area (Å²) in [4.78, 5) is 12.5. The molecule has 0 aliphatic carbocycles. The van der Waals surface area contributed by atoms with Crippen LogP contribution in [0.5, 0.6) is 5.75 Å². The Morgan fingerprint density at radius 2 is 1.90 bits per heavy atom. The van der Waals surface area contributed by atoms with Crippen molar-refractivity contribution < 1.29 is 14.4 Å². The van der Waals surface area contributed by atoms with E-state index in [1.807, 2.05) is 0 Å². The summed E-state index contributed by atoms with van der Waals surface area (Å²) in [6.07, 6.45) is 1.49. The Bertz CT molecular complexity index is 453. The van der Waals surface area contributed by atoms with Crippen LogP contribution < -0.4 is 4.74 Å². The molecule has 0 radical (unpaired) electrons. The Balaban J connectivity index is 1.68. The quantitative estimate of drug-likeness (QED) is 0.458. The maximum Gasteiger partial charge on any atom is 0.269 e. The highest BCUT2D eigenvalue weighted by molar-refractivity contribution is 5.35. The third-order valence-corrected chi connectivity index (χ3v) is 3.43. The van der Waals surface area contributed by atoms with Gasteiger partial charge in [0.2, 0.25) is 0 Å². The van der Waals surface area contributed by atoms with E-state index in [2.05, 4.69) is 18.7 Å². The van der Waals surface area contributed by atoms with Gasteiger partial charge in [-0.25, -0.2) is 0 Å². The first kappa shape index (κ1) is 15.7. The van der Waals surface area contributed by atoms with Crippen molar-refractivity contribution in [1.82, 2.24) is 4.90 Å². The van der Waals surface area contributed by atoms with Crippen molar-refractivity contribution in [2.24, 2.45) is 0 Å². The summed E-state index contributed by atoms with van der Waals surface area (Å²) < 4.78 is 11.3. The molecule has 1 aliphatic heterocycles. The molecule has 0 saturated carbocycles. The highest BCUT2D eigenvalue weighted by atomic mass is 16.6. The molecule has 0 spiro atoms. The summed E-state index contributed by atoms with van der Waals surface area (Å²) in [6, 6.07) is 6.19. The van der Waals surface area contributed by atoms with E-state index in [1.165, 1.54) is 12.1 Å². The van der Waals surface area contributed by atoms with Crippen LogP contribution in [-0.4, -0.2) is 48.3 Å². The summed E-state index contributed by atoms with van der Waals surface area (Å²) in [5.74, 6) is 0.671. The molecule has 1 aromatic carbocycles. The van der Waals surface area contributed by atoms with Gasteiger partial charge in [-0.3, -0.25) is 15.0 Å².